The van der Waals surface area contributed by atoms with E-state index in [4.69, 9.17) is 5.11 Å². The second kappa shape index (κ2) is 3.44. The van der Waals surface area contributed by atoms with Gasteiger partial charge >= 0.3 is 5.69 Å². The molecule has 0 aromatic heterocycles. The highest BCUT2D eigenvalue weighted by atomic mass is 19.1. The molecule has 0 bridgehead atoms. The number of halogens is 2. The summed E-state index contributed by atoms with van der Waals surface area (Å²) in [6.45, 7) is -0.903. The van der Waals surface area contributed by atoms with Gasteiger partial charge in [-0.25, -0.2) is 4.39 Å². The van der Waals surface area contributed by atoms with E-state index in [0.29, 0.717) is 6.07 Å². The molecule has 1 aromatic rings. The van der Waals surface area contributed by atoms with Gasteiger partial charge in [0.1, 0.15) is 5.82 Å². The summed E-state index contributed by atoms with van der Waals surface area (Å²) in [4.78, 5) is 9.18. The molecule has 0 saturated heterocycles. The number of hydrogen-bond acceptors (Lipinski definition) is 3. The summed E-state index contributed by atoms with van der Waals surface area (Å²) >= 11 is 0. The van der Waals surface area contributed by atoms with Gasteiger partial charge in [-0.05, 0) is 6.07 Å². The second-order valence-corrected chi connectivity index (χ2v) is 2.27. The highest BCUT2D eigenvalue weighted by molar-refractivity contribution is 5.37. The fourth-order valence-electron chi connectivity index (χ4n) is 0.871. The maximum Gasteiger partial charge on any atom is 0.305 e. The molecule has 0 amide bonds. The van der Waals surface area contributed by atoms with Crippen LogP contribution in [-0.4, -0.2) is 10.0 Å². The van der Waals surface area contributed by atoms with E-state index in [9.17, 15) is 18.9 Å². The number of benzene rings is 1. The third-order valence-corrected chi connectivity index (χ3v) is 1.52. The maximum absolute atomic E-state index is 12.9. The zero-order valence-corrected chi connectivity index (χ0v) is 6.33. The van der Waals surface area contributed by atoms with Gasteiger partial charge in [0.05, 0.1) is 17.1 Å². The van der Waals surface area contributed by atoms with E-state index in [0.717, 1.165) is 6.07 Å². The van der Waals surface area contributed by atoms with Crippen molar-refractivity contribution in [3.05, 3.63) is 39.4 Å². The van der Waals surface area contributed by atoms with E-state index in [1.807, 2.05) is 0 Å². The van der Waals surface area contributed by atoms with Crippen LogP contribution in [0.2, 0.25) is 0 Å². The summed E-state index contributed by atoms with van der Waals surface area (Å²) in [6, 6.07) is 1.45. The zero-order valence-electron chi connectivity index (χ0n) is 6.33. The Kier molecular flexibility index (Phi) is 2.52. The SMILES string of the molecule is O=[N+]([O-])c1ccc(F)c(CO)c1F. The van der Waals surface area contributed by atoms with Crippen molar-refractivity contribution in [3.63, 3.8) is 0 Å². The van der Waals surface area contributed by atoms with E-state index in [2.05, 4.69) is 0 Å². The number of nitro groups is 1. The topological polar surface area (TPSA) is 63.4 Å². The van der Waals surface area contributed by atoms with Crippen LogP contribution in [0.3, 0.4) is 0 Å². The summed E-state index contributed by atoms with van der Waals surface area (Å²) in [7, 11) is 0. The molecule has 0 radical (unpaired) electrons. The Balaban J connectivity index is 3.35. The summed E-state index contributed by atoms with van der Waals surface area (Å²) in [5.41, 5.74) is -1.53. The van der Waals surface area contributed by atoms with Crippen molar-refractivity contribution in [1.29, 1.82) is 0 Å². The molecule has 1 aromatic carbocycles. The number of nitro benzene ring substituents is 1. The molecule has 6 heteroatoms. The Morgan fingerprint density at radius 2 is 2.08 bits per heavy atom. The van der Waals surface area contributed by atoms with Gasteiger partial charge in [-0.1, -0.05) is 0 Å². The Morgan fingerprint density at radius 1 is 1.46 bits per heavy atom. The summed E-state index contributed by atoms with van der Waals surface area (Å²) in [5.74, 6) is -2.32. The zero-order chi connectivity index (χ0) is 10.0. The van der Waals surface area contributed by atoms with Crippen LogP contribution in [0, 0.1) is 21.7 Å². The normalized spacial score (nSPS) is 10.1. The van der Waals surface area contributed by atoms with Gasteiger partial charge in [-0.15, -0.1) is 0 Å². The van der Waals surface area contributed by atoms with Crippen molar-refractivity contribution in [2.24, 2.45) is 0 Å². The Hall–Kier alpha value is -1.56. The first-order valence-electron chi connectivity index (χ1n) is 3.30. The van der Waals surface area contributed by atoms with Crippen molar-refractivity contribution in [2.45, 2.75) is 6.61 Å². The van der Waals surface area contributed by atoms with Gasteiger partial charge < -0.3 is 5.11 Å². The van der Waals surface area contributed by atoms with Crippen molar-refractivity contribution < 1.29 is 18.8 Å². The predicted octanol–water partition coefficient (Wildman–Crippen LogP) is 1.37. The van der Waals surface area contributed by atoms with Crippen LogP contribution in [0.25, 0.3) is 0 Å². The molecule has 0 atom stereocenters. The van der Waals surface area contributed by atoms with Crippen molar-refractivity contribution in [1.82, 2.24) is 0 Å². The first kappa shape index (κ1) is 9.53. The smallest absolute Gasteiger partial charge is 0.305 e. The van der Waals surface area contributed by atoms with Gasteiger partial charge in [-0.2, -0.15) is 4.39 Å². The average molecular weight is 189 g/mol. The maximum atomic E-state index is 12.9. The molecule has 13 heavy (non-hydrogen) atoms. The Bertz CT molecular complexity index is 354. The first-order chi connectivity index (χ1) is 6.07. The minimum Gasteiger partial charge on any atom is -0.391 e. The predicted molar refractivity (Wildman–Crippen MR) is 38.9 cm³/mol. The monoisotopic (exact) mass is 189 g/mol. The van der Waals surface area contributed by atoms with Crippen LogP contribution in [0.15, 0.2) is 12.1 Å². The summed E-state index contributed by atoms with van der Waals surface area (Å²) < 4.78 is 25.6. The number of hydrogen-bond donors (Lipinski definition) is 1. The molecule has 70 valence electrons. The van der Waals surface area contributed by atoms with Crippen LogP contribution in [0.5, 0.6) is 0 Å². The first-order valence-corrected chi connectivity index (χ1v) is 3.30. The van der Waals surface area contributed by atoms with E-state index in [-0.39, 0.29) is 0 Å². The molecule has 0 aliphatic heterocycles. The van der Waals surface area contributed by atoms with E-state index in [1.165, 1.54) is 0 Å². The van der Waals surface area contributed by atoms with E-state index in [1.54, 1.807) is 0 Å². The molecule has 4 nitrogen and oxygen atoms in total. The Morgan fingerprint density at radius 3 is 2.54 bits per heavy atom. The third-order valence-electron chi connectivity index (χ3n) is 1.52. The van der Waals surface area contributed by atoms with Crippen LogP contribution in [0.1, 0.15) is 5.56 Å². The fourth-order valence-corrected chi connectivity index (χ4v) is 0.871. The number of aliphatic hydroxyl groups is 1. The van der Waals surface area contributed by atoms with Crippen LogP contribution in [-0.2, 0) is 6.61 Å². The summed E-state index contributed by atoms with van der Waals surface area (Å²) in [6.07, 6.45) is 0. The molecular weight excluding hydrogens is 184 g/mol. The van der Waals surface area contributed by atoms with Gasteiger partial charge in [0.2, 0.25) is 5.82 Å². The average Bonchev–Trinajstić information content (AvgIpc) is 2.04. The molecule has 0 aliphatic rings. The Labute approximate surface area is 71.6 Å². The molecular formula is C7H5F2NO3. The van der Waals surface area contributed by atoms with Crippen molar-refractivity contribution in [2.75, 3.05) is 0 Å². The van der Waals surface area contributed by atoms with E-state index >= 15 is 0 Å². The number of rotatable bonds is 2. The molecule has 0 saturated carbocycles. The van der Waals surface area contributed by atoms with E-state index < -0.39 is 34.4 Å². The van der Waals surface area contributed by atoms with Gasteiger partial charge in [-0.3, -0.25) is 10.1 Å². The third kappa shape index (κ3) is 1.62. The molecule has 0 unspecified atom stereocenters. The lowest BCUT2D eigenvalue weighted by Crippen LogP contribution is -2.00. The molecule has 0 spiro atoms. The molecule has 0 fully saturated rings. The van der Waals surface area contributed by atoms with Gasteiger partial charge in [0.25, 0.3) is 0 Å². The molecule has 0 aliphatic carbocycles. The fraction of sp³-hybridized carbons (Fsp3) is 0.143. The molecule has 0 heterocycles. The number of aliphatic hydroxyl groups excluding tert-OH is 1. The molecule has 1 N–H and O–H groups in total. The van der Waals surface area contributed by atoms with Crippen LogP contribution in [0.4, 0.5) is 14.5 Å². The van der Waals surface area contributed by atoms with Crippen LogP contribution < -0.4 is 0 Å². The minimum atomic E-state index is -1.33. The largest absolute Gasteiger partial charge is 0.391 e. The van der Waals surface area contributed by atoms with Crippen molar-refractivity contribution in [3.8, 4) is 0 Å². The highest BCUT2D eigenvalue weighted by Gasteiger charge is 2.20. The second-order valence-electron chi connectivity index (χ2n) is 2.27. The van der Waals surface area contributed by atoms with Gasteiger partial charge in [0, 0.05) is 6.07 Å². The van der Waals surface area contributed by atoms with Crippen molar-refractivity contribution >= 4 is 5.69 Å². The van der Waals surface area contributed by atoms with Crippen LogP contribution >= 0.6 is 0 Å². The quantitative estimate of drug-likeness (QED) is 0.564. The minimum absolute atomic E-state index is 0.686. The lowest BCUT2D eigenvalue weighted by molar-refractivity contribution is -0.387. The number of nitrogens with zero attached hydrogens (tertiary/aromatic N) is 1. The standard InChI is InChI=1S/C7H5F2NO3/c8-5-1-2-6(10(12)13)7(9)4(5)3-11/h1-2,11H,3H2. The lowest BCUT2D eigenvalue weighted by Gasteiger charge is -2.00. The summed E-state index contributed by atoms with van der Waals surface area (Å²) in [5, 5.41) is 18.7. The highest BCUT2D eigenvalue weighted by Crippen LogP contribution is 2.22. The lowest BCUT2D eigenvalue weighted by atomic mass is 10.2. The molecule has 1 rings (SSSR count). The van der Waals surface area contributed by atoms with Gasteiger partial charge in [0.15, 0.2) is 0 Å².